The van der Waals surface area contributed by atoms with E-state index >= 15 is 0 Å². The first kappa shape index (κ1) is 15.2. The molecule has 1 aromatic heterocycles. The number of carbonyl (C=O) groups excluding carboxylic acids is 2. The predicted octanol–water partition coefficient (Wildman–Crippen LogP) is 2.05. The lowest BCUT2D eigenvalue weighted by molar-refractivity contribution is 0.0949. The van der Waals surface area contributed by atoms with Crippen LogP contribution in [0.25, 0.3) is 0 Å². The first-order chi connectivity index (χ1) is 11.0. The highest BCUT2D eigenvalue weighted by atomic mass is 16.2. The minimum Gasteiger partial charge on any atom is -0.348 e. The molecule has 2 aromatic rings. The lowest BCUT2D eigenvalue weighted by atomic mass is 10.0. The molecule has 0 unspecified atom stereocenters. The molecule has 0 aliphatic heterocycles. The van der Waals surface area contributed by atoms with Gasteiger partial charge in [0.1, 0.15) is 0 Å². The molecule has 0 bridgehead atoms. The average molecular weight is 310 g/mol. The van der Waals surface area contributed by atoms with Crippen LogP contribution in [-0.4, -0.2) is 16.7 Å². The van der Waals surface area contributed by atoms with Gasteiger partial charge < -0.3 is 10.3 Å². The van der Waals surface area contributed by atoms with Crippen molar-refractivity contribution < 1.29 is 9.59 Å². The van der Waals surface area contributed by atoms with Crippen LogP contribution < -0.4 is 10.9 Å². The standard InChI is InChI=1S/C18H18N2O3/c1-10-8-11(2)20-18(23)15(10)9-19-17(22)14-5-3-4-13-12(14)6-7-16(13)21/h3-5,8H,6-7,9H2,1-2H3,(H,19,22)(H,20,23). The van der Waals surface area contributed by atoms with Crippen LogP contribution >= 0.6 is 0 Å². The van der Waals surface area contributed by atoms with Crippen LogP contribution in [0.15, 0.2) is 29.1 Å². The van der Waals surface area contributed by atoms with Crippen molar-refractivity contribution in [2.24, 2.45) is 0 Å². The SMILES string of the molecule is Cc1cc(C)c(CNC(=O)c2cccc3c2CCC3=O)c(=O)[nH]1. The molecule has 3 rings (SSSR count). The van der Waals surface area contributed by atoms with Crippen molar-refractivity contribution in [3.63, 3.8) is 0 Å². The lowest BCUT2D eigenvalue weighted by Gasteiger charge is -2.10. The van der Waals surface area contributed by atoms with Crippen molar-refractivity contribution in [3.8, 4) is 0 Å². The second-order valence-corrected chi connectivity index (χ2v) is 5.88. The van der Waals surface area contributed by atoms with Gasteiger partial charge in [-0.05, 0) is 43.5 Å². The number of benzene rings is 1. The Hall–Kier alpha value is -2.69. The van der Waals surface area contributed by atoms with Crippen LogP contribution in [0.3, 0.4) is 0 Å². The summed E-state index contributed by atoms with van der Waals surface area (Å²) in [4.78, 5) is 38.9. The fraction of sp³-hybridized carbons (Fsp3) is 0.278. The van der Waals surface area contributed by atoms with Crippen molar-refractivity contribution in [3.05, 3.63) is 68.1 Å². The fourth-order valence-electron chi connectivity index (χ4n) is 3.07. The molecule has 1 aliphatic carbocycles. The number of hydrogen-bond acceptors (Lipinski definition) is 3. The van der Waals surface area contributed by atoms with E-state index in [1.807, 2.05) is 19.9 Å². The molecule has 2 N–H and O–H groups in total. The van der Waals surface area contributed by atoms with Crippen molar-refractivity contribution in [2.45, 2.75) is 33.2 Å². The van der Waals surface area contributed by atoms with Gasteiger partial charge in [0.15, 0.2) is 5.78 Å². The van der Waals surface area contributed by atoms with E-state index in [0.29, 0.717) is 29.5 Å². The summed E-state index contributed by atoms with van der Waals surface area (Å²) in [5, 5.41) is 2.79. The first-order valence-electron chi connectivity index (χ1n) is 7.60. The van der Waals surface area contributed by atoms with Gasteiger partial charge in [0.05, 0.1) is 0 Å². The van der Waals surface area contributed by atoms with E-state index in [2.05, 4.69) is 10.3 Å². The Balaban J connectivity index is 1.82. The van der Waals surface area contributed by atoms with E-state index in [-0.39, 0.29) is 23.8 Å². The van der Waals surface area contributed by atoms with Crippen molar-refractivity contribution in [2.75, 3.05) is 0 Å². The van der Waals surface area contributed by atoms with E-state index in [9.17, 15) is 14.4 Å². The van der Waals surface area contributed by atoms with Gasteiger partial charge in [-0.25, -0.2) is 0 Å². The van der Waals surface area contributed by atoms with Gasteiger partial charge in [-0.15, -0.1) is 0 Å². The third-order valence-corrected chi connectivity index (χ3v) is 4.24. The zero-order valence-corrected chi connectivity index (χ0v) is 13.2. The minimum atomic E-state index is -0.254. The molecule has 1 aromatic carbocycles. The fourth-order valence-corrected chi connectivity index (χ4v) is 3.07. The van der Waals surface area contributed by atoms with Crippen LogP contribution in [0.5, 0.6) is 0 Å². The first-order valence-corrected chi connectivity index (χ1v) is 7.60. The number of H-pyrrole nitrogens is 1. The molecule has 0 spiro atoms. The molecule has 0 saturated heterocycles. The molecular weight excluding hydrogens is 292 g/mol. The zero-order valence-electron chi connectivity index (χ0n) is 13.2. The van der Waals surface area contributed by atoms with Crippen molar-refractivity contribution in [1.29, 1.82) is 0 Å². The number of ketones is 1. The number of hydrogen-bond donors (Lipinski definition) is 2. The van der Waals surface area contributed by atoms with E-state index in [4.69, 9.17) is 0 Å². The summed E-state index contributed by atoms with van der Waals surface area (Å²) in [5.74, 6) is -0.170. The van der Waals surface area contributed by atoms with Gasteiger partial charge in [-0.1, -0.05) is 12.1 Å². The Kier molecular flexibility index (Phi) is 3.86. The number of amides is 1. The van der Waals surface area contributed by atoms with Crippen LogP contribution in [0.1, 0.15) is 49.5 Å². The molecule has 0 saturated carbocycles. The molecule has 118 valence electrons. The summed E-state index contributed by atoms with van der Waals surface area (Å²) in [7, 11) is 0. The number of Topliss-reactive ketones (excluding diaryl/α,β-unsaturated/α-hetero) is 1. The Bertz CT molecular complexity index is 865. The molecule has 0 radical (unpaired) electrons. The predicted molar refractivity (Wildman–Crippen MR) is 86.8 cm³/mol. The van der Waals surface area contributed by atoms with E-state index in [0.717, 1.165) is 16.8 Å². The van der Waals surface area contributed by atoms with E-state index in [1.165, 1.54) is 0 Å². The zero-order chi connectivity index (χ0) is 16.6. The molecule has 1 amide bonds. The Morgan fingerprint density at radius 3 is 2.74 bits per heavy atom. The van der Waals surface area contributed by atoms with Crippen LogP contribution in [0.4, 0.5) is 0 Å². The second kappa shape index (κ2) is 5.83. The number of aryl methyl sites for hydroxylation is 2. The van der Waals surface area contributed by atoms with Crippen molar-refractivity contribution >= 4 is 11.7 Å². The maximum Gasteiger partial charge on any atom is 0.253 e. The number of fused-ring (bicyclic) bond motifs is 1. The molecular formula is C18H18N2O3. The lowest BCUT2D eigenvalue weighted by Crippen LogP contribution is -2.28. The number of pyridine rings is 1. The summed E-state index contributed by atoms with van der Waals surface area (Å²) in [5.41, 5.74) is 3.98. The second-order valence-electron chi connectivity index (χ2n) is 5.88. The molecule has 0 fully saturated rings. The number of aromatic nitrogens is 1. The van der Waals surface area contributed by atoms with E-state index in [1.54, 1.807) is 18.2 Å². The number of rotatable bonds is 3. The number of nitrogens with one attached hydrogen (secondary N) is 2. The maximum absolute atomic E-state index is 12.4. The monoisotopic (exact) mass is 310 g/mol. The summed E-state index contributed by atoms with van der Waals surface area (Å²) in [6.45, 7) is 3.83. The van der Waals surface area contributed by atoms with Gasteiger partial charge in [-0.2, -0.15) is 0 Å². The topological polar surface area (TPSA) is 79.0 Å². The summed E-state index contributed by atoms with van der Waals surface area (Å²) in [6, 6.07) is 7.08. The number of carbonyl (C=O) groups is 2. The highest BCUT2D eigenvalue weighted by molar-refractivity contribution is 6.05. The van der Waals surface area contributed by atoms with Gasteiger partial charge in [0.25, 0.3) is 11.5 Å². The molecule has 23 heavy (non-hydrogen) atoms. The molecule has 5 nitrogen and oxygen atoms in total. The van der Waals surface area contributed by atoms with Crippen molar-refractivity contribution in [1.82, 2.24) is 10.3 Å². The molecule has 0 atom stereocenters. The summed E-state index contributed by atoms with van der Waals surface area (Å²) >= 11 is 0. The van der Waals surface area contributed by atoms with Gasteiger partial charge in [-0.3, -0.25) is 14.4 Å². The third kappa shape index (κ3) is 2.82. The van der Waals surface area contributed by atoms with E-state index < -0.39 is 0 Å². The van der Waals surface area contributed by atoms with Gasteiger partial charge in [0, 0.05) is 35.3 Å². The highest BCUT2D eigenvalue weighted by Crippen LogP contribution is 2.25. The van der Waals surface area contributed by atoms with Crippen LogP contribution in [-0.2, 0) is 13.0 Å². The van der Waals surface area contributed by atoms with Crippen LogP contribution in [0, 0.1) is 13.8 Å². The molecule has 1 aliphatic rings. The Morgan fingerprint density at radius 2 is 2.00 bits per heavy atom. The normalized spacial score (nSPS) is 13.0. The third-order valence-electron chi connectivity index (χ3n) is 4.24. The molecule has 1 heterocycles. The maximum atomic E-state index is 12.4. The minimum absolute atomic E-state index is 0.0838. The average Bonchev–Trinajstić information content (AvgIpc) is 2.87. The quantitative estimate of drug-likeness (QED) is 0.910. The Morgan fingerprint density at radius 1 is 1.22 bits per heavy atom. The van der Waals surface area contributed by atoms with Gasteiger partial charge >= 0.3 is 0 Å². The Labute approximate surface area is 133 Å². The largest absolute Gasteiger partial charge is 0.348 e. The summed E-state index contributed by atoms with van der Waals surface area (Å²) < 4.78 is 0. The highest BCUT2D eigenvalue weighted by Gasteiger charge is 2.24. The smallest absolute Gasteiger partial charge is 0.253 e. The number of aromatic amines is 1. The van der Waals surface area contributed by atoms with Gasteiger partial charge in [0.2, 0.25) is 0 Å². The molecule has 5 heteroatoms. The van der Waals surface area contributed by atoms with Crippen LogP contribution in [0.2, 0.25) is 0 Å². The summed E-state index contributed by atoms with van der Waals surface area (Å²) in [6.07, 6.45) is 1.05.